The van der Waals surface area contributed by atoms with Gasteiger partial charge in [0.2, 0.25) is 11.8 Å². The molecule has 2 heterocycles. The molecule has 0 bridgehead atoms. The monoisotopic (exact) mass is 399 g/mol. The van der Waals surface area contributed by atoms with Gasteiger partial charge in [0.15, 0.2) is 0 Å². The summed E-state index contributed by atoms with van der Waals surface area (Å²) in [5.74, 6) is 0.930. The van der Waals surface area contributed by atoms with E-state index in [9.17, 15) is 9.59 Å². The van der Waals surface area contributed by atoms with Gasteiger partial charge in [-0.05, 0) is 43.5 Å². The van der Waals surface area contributed by atoms with Gasteiger partial charge < -0.3 is 18.8 Å². The van der Waals surface area contributed by atoms with E-state index in [4.69, 9.17) is 4.42 Å². The predicted molar refractivity (Wildman–Crippen MR) is 112 cm³/mol. The Kier molecular flexibility index (Phi) is 7.55. The Morgan fingerprint density at radius 3 is 2.52 bits per heavy atom. The molecular weight excluding hydrogens is 366 g/mol. The van der Waals surface area contributed by atoms with Crippen molar-refractivity contribution in [1.82, 2.24) is 14.4 Å². The molecule has 1 saturated carbocycles. The van der Waals surface area contributed by atoms with Crippen LogP contribution in [0.5, 0.6) is 0 Å². The van der Waals surface area contributed by atoms with E-state index in [1.54, 1.807) is 16.1 Å². The summed E-state index contributed by atoms with van der Waals surface area (Å²) in [5.41, 5.74) is 1.05. The molecule has 2 aromatic heterocycles. The zero-order valence-electron chi connectivity index (χ0n) is 17.7. The quantitative estimate of drug-likeness (QED) is 0.641. The van der Waals surface area contributed by atoms with Crippen molar-refractivity contribution in [3.63, 3.8) is 0 Å². The molecule has 0 N–H and O–H groups in total. The average Bonchev–Trinajstić information content (AvgIpc) is 3.39. The first-order chi connectivity index (χ1) is 14.1. The number of nitrogens with zero attached hydrogens (tertiary/aromatic N) is 3. The van der Waals surface area contributed by atoms with Crippen LogP contribution in [-0.4, -0.2) is 39.3 Å². The number of hydrogen-bond acceptors (Lipinski definition) is 3. The second-order valence-corrected chi connectivity index (χ2v) is 8.03. The Balaban J connectivity index is 1.71. The van der Waals surface area contributed by atoms with Crippen LogP contribution < -0.4 is 0 Å². The summed E-state index contributed by atoms with van der Waals surface area (Å²) in [6.07, 6.45) is 9.79. The normalized spacial score (nSPS) is 14.7. The van der Waals surface area contributed by atoms with Crippen LogP contribution in [0.1, 0.15) is 56.9 Å². The highest BCUT2D eigenvalue weighted by molar-refractivity contribution is 5.86. The summed E-state index contributed by atoms with van der Waals surface area (Å²) in [6.45, 7) is 3.69. The maximum Gasteiger partial charge on any atom is 0.242 e. The maximum absolute atomic E-state index is 13.3. The number of carbonyl (C=O) groups excluding carboxylic acids is 2. The molecule has 3 rings (SSSR count). The van der Waals surface area contributed by atoms with E-state index in [-0.39, 0.29) is 24.3 Å². The smallest absolute Gasteiger partial charge is 0.242 e. The van der Waals surface area contributed by atoms with Crippen molar-refractivity contribution >= 4 is 11.8 Å². The van der Waals surface area contributed by atoms with Crippen LogP contribution in [0.3, 0.4) is 0 Å². The minimum atomic E-state index is -0.0415. The van der Waals surface area contributed by atoms with E-state index in [1.807, 2.05) is 42.1 Å². The average molecular weight is 400 g/mol. The molecule has 0 spiro atoms. The number of furan rings is 1. The fourth-order valence-corrected chi connectivity index (χ4v) is 4.09. The zero-order valence-corrected chi connectivity index (χ0v) is 17.7. The van der Waals surface area contributed by atoms with E-state index >= 15 is 0 Å². The Hall–Kier alpha value is -2.50. The summed E-state index contributed by atoms with van der Waals surface area (Å²) >= 11 is 0. The van der Waals surface area contributed by atoms with Gasteiger partial charge in [-0.1, -0.05) is 26.2 Å². The lowest BCUT2D eigenvalue weighted by Crippen LogP contribution is -2.45. The van der Waals surface area contributed by atoms with Gasteiger partial charge in [-0.15, -0.1) is 0 Å². The second-order valence-electron chi connectivity index (χ2n) is 8.03. The predicted octanol–water partition coefficient (Wildman–Crippen LogP) is 3.97. The van der Waals surface area contributed by atoms with E-state index in [2.05, 4.69) is 6.92 Å². The van der Waals surface area contributed by atoms with Crippen molar-refractivity contribution in [2.75, 3.05) is 13.1 Å². The topological polar surface area (TPSA) is 58.7 Å². The molecule has 2 amide bonds. The van der Waals surface area contributed by atoms with E-state index in [0.717, 1.165) is 43.6 Å². The van der Waals surface area contributed by atoms with Gasteiger partial charge in [0.05, 0.1) is 25.9 Å². The Labute approximate surface area is 173 Å². The molecule has 1 aliphatic rings. The largest absolute Gasteiger partial charge is 0.467 e. The molecule has 29 heavy (non-hydrogen) atoms. The SMILES string of the molecule is CCCN(CC(=O)N(Cc1ccco1)Cc1cccn1C)C(=O)C1CCCCC1. The molecule has 0 aliphatic heterocycles. The molecular formula is C23H33N3O3. The fourth-order valence-electron chi connectivity index (χ4n) is 4.09. The highest BCUT2D eigenvalue weighted by Crippen LogP contribution is 2.25. The van der Waals surface area contributed by atoms with E-state index in [0.29, 0.717) is 19.6 Å². The standard InChI is InChI=1S/C23H33N3O3/c1-3-13-25(23(28)19-9-5-4-6-10-19)18-22(27)26(17-21-12-8-15-29-21)16-20-11-7-14-24(20)2/h7-8,11-12,14-15,19H,3-6,9-10,13,16-18H2,1-2H3. The van der Waals surface area contributed by atoms with Crippen molar-refractivity contribution in [1.29, 1.82) is 0 Å². The molecule has 158 valence electrons. The van der Waals surface area contributed by atoms with Crippen molar-refractivity contribution in [3.8, 4) is 0 Å². The van der Waals surface area contributed by atoms with Gasteiger partial charge in [-0.2, -0.15) is 0 Å². The first-order valence-corrected chi connectivity index (χ1v) is 10.8. The lowest BCUT2D eigenvalue weighted by molar-refractivity contribution is -0.144. The summed E-state index contributed by atoms with van der Waals surface area (Å²) in [5, 5.41) is 0. The summed E-state index contributed by atoms with van der Waals surface area (Å²) in [6, 6.07) is 7.69. The van der Waals surface area contributed by atoms with Crippen LogP contribution in [-0.2, 0) is 29.7 Å². The number of hydrogen-bond donors (Lipinski definition) is 0. The Morgan fingerprint density at radius 1 is 1.10 bits per heavy atom. The Bertz CT molecular complexity index is 775. The number of amides is 2. The molecule has 2 aromatic rings. The van der Waals surface area contributed by atoms with Gasteiger partial charge in [0, 0.05) is 31.4 Å². The van der Waals surface area contributed by atoms with Gasteiger partial charge in [-0.3, -0.25) is 9.59 Å². The fraction of sp³-hybridized carbons (Fsp3) is 0.565. The molecule has 0 atom stereocenters. The lowest BCUT2D eigenvalue weighted by atomic mass is 9.88. The third-order valence-corrected chi connectivity index (χ3v) is 5.77. The van der Waals surface area contributed by atoms with Crippen molar-refractivity contribution in [2.45, 2.75) is 58.5 Å². The summed E-state index contributed by atoms with van der Waals surface area (Å²) in [7, 11) is 1.97. The lowest BCUT2D eigenvalue weighted by Gasteiger charge is -2.31. The summed E-state index contributed by atoms with van der Waals surface area (Å²) in [4.78, 5) is 29.9. The van der Waals surface area contributed by atoms with Crippen LogP contribution in [0, 0.1) is 5.92 Å². The molecule has 0 aromatic carbocycles. The molecule has 0 radical (unpaired) electrons. The van der Waals surface area contributed by atoms with Crippen molar-refractivity contribution < 1.29 is 14.0 Å². The van der Waals surface area contributed by atoms with Crippen LogP contribution >= 0.6 is 0 Å². The molecule has 0 saturated heterocycles. The van der Waals surface area contributed by atoms with Gasteiger partial charge in [0.1, 0.15) is 5.76 Å². The first kappa shape index (κ1) is 21.2. The highest BCUT2D eigenvalue weighted by atomic mass is 16.3. The van der Waals surface area contributed by atoms with Gasteiger partial charge in [0.25, 0.3) is 0 Å². The molecule has 1 aliphatic carbocycles. The number of aromatic nitrogens is 1. The van der Waals surface area contributed by atoms with E-state index < -0.39 is 0 Å². The second kappa shape index (κ2) is 10.3. The first-order valence-electron chi connectivity index (χ1n) is 10.8. The number of rotatable bonds is 9. The zero-order chi connectivity index (χ0) is 20.6. The van der Waals surface area contributed by atoms with Crippen molar-refractivity contribution in [2.24, 2.45) is 13.0 Å². The molecule has 0 unspecified atom stereocenters. The number of aryl methyl sites for hydroxylation is 1. The summed E-state index contributed by atoms with van der Waals surface area (Å²) < 4.78 is 7.49. The van der Waals surface area contributed by atoms with E-state index in [1.165, 1.54) is 6.42 Å². The number of carbonyl (C=O) groups is 2. The molecule has 6 nitrogen and oxygen atoms in total. The molecule has 6 heteroatoms. The van der Waals surface area contributed by atoms with Crippen molar-refractivity contribution in [3.05, 3.63) is 48.2 Å². The maximum atomic E-state index is 13.3. The minimum Gasteiger partial charge on any atom is -0.467 e. The van der Waals surface area contributed by atoms with Crippen LogP contribution in [0.25, 0.3) is 0 Å². The Morgan fingerprint density at radius 2 is 1.90 bits per heavy atom. The highest BCUT2D eigenvalue weighted by Gasteiger charge is 2.28. The van der Waals surface area contributed by atoms with Gasteiger partial charge >= 0.3 is 0 Å². The van der Waals surface area contributed by atoms with Gasteiger partial charge in [-0.25, -0.2) is 0 Å². The minimum absolute atomic E-state index is 0.0415. The third-order valence-electron chi connectivity index (χ3n) is 5.77. The molecule has 1 fully saturated rings. The van der Waals surface area contributed by atoms with Crippen LogP contribution in [0.4, 0.5) is 0 Å². The van der Waals surface area contributed by atoms with Crippen LogP contribution in [0.15, 0.2) is 41.1 Å². The van der Waals surface area contributed by atoms with Crippen LogP contribution in [0.2, 0.25) is 0 Å². The third kappa shape index (κ3) is 5.75.